The van der Waals surface area contributed by atoms with E-state index in [1.165, 1.54) is 12.3 Å². The Morgan fingerprint density at radius 1 is 1.16 bits per heavy atom. The Morgan fingerprint density at radius 2 is 1.84 bits per heavy atom. The molecule has 1 N–H and O–H groups in total. The van der Waals surface area contributed by atoms with Crippen LogP contribution in [-0.2, 0) is 4.74 Å². The van der Waals surface area contributed by atoms with E-state index in [1.807, 2.05) is 13.8 Å². The second-order valence-electron chi connectivity index (χ2n) is 9.33. The zero-order valence-electron chi connectivity index (χ0n) is 19.2. The monoisotopic (exact) mass is 435 g/mol. The minimum absolute atomic E-state index is 0.0205. The van der Waals surface area contributed by atoms with E-state index in [4.69, 9.17) is 9.47 Å². The third-order valence-electron chi connectivity index (χ3n) is 4.28. The fourth-order valence-electron chi connectivity index (χ4n) is 3.28. The van der Waals surface area contributed by atoms with Crippen LogP contribution in [0.1, 0.15) is 53.8 Å². The Balaban J connectivity index is 2.21. The van der Waals surface area contributed by atoms with Crippen molar-refractivity contribution in [2.75, 3.05) is 6.61 Å². The highest BCUT2D eigenvalue weighted by atomic mass is 19.1. The summed E-state index contributed by atoms with van der Waals surface area (Å²) in [6.45, 7) is 12.7. The number of carbonyl (C=O) groups excluding carboxylic acids is 1. The van der Waals surface area contributed by atoms with E-state index in [1.54, 1.807) is 34.6 Å². The maximum atomic E-state index is 14.7. The molecule has 0 bridgehead atoms. The first-order valence-electron chi connectivity index (χ1n) is 10.2. The van der Waals surface area contributed by atoms with Crippen LogP contribution in [-0.4, -0.2) is 33.8 Å². The molecule has 1 heterocycles. The molecule has 0 aliphatic rings. The molecule has 8 heteroatoms. The van der Waals surface area contributed by atoms with E-state index >= 15 is 0 Å². The SMILES string of the molecule is Cc1nccc(-c2cc(F)c(OC[C@](C)(CC(C)C)NC(=O)OC(C)(C)C)cc2F)n1. The highest BCUT2D eigenvalue weighted by Crippen LogP contribution is 2.29. The Bertz CT molecular complexity index is 929. The predicted molar refractivity (Wildman–Crippen MR) is 115 cm³/mol. The summed E-state index contributed by atoms with van der Waals surface area (Å²) in [5.74, 6) is -0.964. The number of nitrogens with zero attached hydrogens (tertiary/aromatic N) is 2. The zero-order valence-corrected chi connectivity index (χ0v) is 19.2. The summed E-state index contributed by atoms with van der Waals surface area (Å²) in [7, 11) is 0. The highest BCUT2D eigenvalue weighted by Gasteiger charge is 2.31. The summed E-state index contributed by atoms with van der Waals surface area (Å²) in [4.78, 5) is 20.4. The molecule has 0 aliphatic carbocycles. The normalized spacial score (nSPS) is 13.6. The topological polar surface area (TPSA) is 73.3 Å². The van der Waals surface area contributed by atoms with Crippen molar-refractivity contribution >= 4 is 6.09 Å². The molecule has 0 aliphatic heterocycles. The smallest absolute Gasteiger partial charge is 0.408 e. The van der Waals surface area contributed by atoms with Gasteiger partial charge in [-0.2, -0.15) is 0 Å². The number of hydrogen-bond donors (Lipinski definition) is 1. The summed E-state index contributed by atoms with van der Waals surface area (Å²) >= 11 is 0. The first-order valence-corrected chi connectivity index (χ1v) is 10.2. The second kappa shape index (κ2) is 9.58. The molecule has 6 nitrogen and oxygen atoms in total. The molecule has 1 aromatic carbocycles. The first kappa shape index (κ1) is 24.5. The lowest BCUT2D eigenvalue weighted by atomic mass is 9.91. The Kier molecular flexibility index (Phi) is 7.57. The van der Waals surface area contributed by atoms with Crippen LogP contribution in [0.3, 0.4) is 0 Å². The van der Waals surface area contributed by atoms with Gasteiger partial charge in [0, 0.05) is 17.8 Å². The summed E-state index contributed by atoms with van der Waals surface area (Å²) in [5.41, 5.74) is -1.20. The minimum atomic E-state index is -0.845. The van der Waals surface area contributed by atoms with Crippen molar-refractivity contribution in [2.24, 2.45) is 5.92 Å². The number of halogens is 2. The van der Waals surface area contributed by atoms with Gasteiger partial charge in [0.25, 0.3) is 0 Å². The molecule has 0 radical (unpaired) electrons. The van der Waals surface area contributed by atoms with Gasteiger partial charge >= 0.3 is 6.09 Å². The fraction of sp³-hybridized carbons (Fsp3) is 0.522. The highest BCUT2D eigenvalue weighted by molar-refractivity contribution is 5.68. The van der Waals surface area contributed by atoms with Crippen molar-refractivity contribution in [3.63, 3.8) is 0 Å². The fourth-order valence-corrected chi connectivity index (χ4v) is 3.28. The zero-order chi connectivity index (χ0) is 23.4. The van der Waals surface area contributed by atoms with Gasteiger partial charge in [0.1, 0.15) is 23.8 Å². The van der Waals surface area contributed by atoms with Crippen LogP contribution >= 0.6 is 0 Å². The minimum Gasteiger partial charge on any atom is -0.488 e. The molecule has 0 saturated heterocycles. The van der Waals surface area contributed by atoms with Gasteiger partial charge in [-0.1, -0.05) is 13.8 Å². The van der Waals surface area contributed by atoms with Crippen molar-refractivity contribution in [2.45, 2.75) is 66.0 Å². The first-order chi connectivity index (χ1) is 14.3. The number of ether oxygens (including phenoxy) is 2. The van der Waals surface area contributed by atoms with Gasteiger partial charge in [0.15, 0.2) is 11.6 Å². The van der Waals surface area contributed by atoms with Crippen molar-refractivity contribution < 1.29 is 23.0 Å². The number of hydrogen-bond acceptors (Lipinski definition) is 5. The van der Waals surface area contributed by atoms with E-state index in [9.17, 15) is 13.6 Å². The molecule has 0 fully saturated rings. The van der Waals surface area contributed by atoms with Crippen LogP contribution in [0.15, 0.2) is 24.4 Å². The van der Waals surface area contributed by atoms with Crippen LogP contribution in [0.5, 0.6) is 5.75 Å². The number of nitrogens with one attached hydrogen (secondary N) is 1. The van der Waals surface area contributed by atoms with Crippen molar-refractivity contribution in [3.8, 4) is 17.0 Å². The number of rotatable bonds is 7. The van der Waals surface area contributed by atoms with Crippen LogP contribution in [0.25, 0.3) is 11.3 Å². The molecule has 31 heavy (non-hydrogen) atoms. The molecule has 0 spiro atoms. The van der Waals surface area contributed by atoms with Gasteiger partial charge in [0.05, 0.1) is 11.2 Å². The van der Waals surface area contributed by atoms with Gasteiger partial charge in [0.2, 0.25) is 0 Å². The van der Waals surface area contributed by atoms with E-state index in [2.05, 4.69) is 15.3 Å². The third-order valence-corrected chi connectivity index (χ3v) is 4.28. The van der Waals surface area contributed by atoms with Gasteiger partial charge in [-0.3, -0.25) is 0 Å². The maximum Gasteiger partial charge on any atom is 0.408 e. The molecule has 0 saturated carbocycles. The van der Waals surface area contributed by atoms with Gasteiger partial charge in [-0.05, 0) is 59.1 Å². The summed E-state index contributed by atoms with van der Waals surface area (Å²) in [5, 5.41) is 2.81. The van der Waals surface area contributed by atoms with Crippen LogP contribution in [0, 0.1) is 24.5 Å². The molecule has 2 rings (SSSR count). The molecular formula is C23H31F2N3O3. The van der Waals surface area contributed by atoms with Crippen LogP contribution < -0.4 is 10.1 Å². The number of benzene rings is 1. The largest absolute Gasteiger partial charge is 0.488 e. The summed E-state index contributed by atoms with van der Waals surface area (Å²) in [6, 6.07) is 3.55. The average molecular weight is 436 g/mol. The molecule has 1 amide bonds. The Hall–Kier alpha value is -2.77. The molecule has 1 aromatic heterocycles. The quantitative estimate of drug-likeness (QED) is 0.627. The number of amides is 1. The molecule has 1 atom stereocenters. The molecule has 2 aromatic rings. The van der Waals surface area contributed by atoms with E-state index in [-0.39, 0.29) is 29.5 Å². The Morgan fingerprint density at radius 3 is 2.42 bits per heavy atom. The maximum absolute atomic E-state index is 14.7. The average Bonchev–Trinajstić information content (AvgIpc) is 2.59. The Labute approximate surface area is 182 Å². The lowest BCUT2D eigenvalue weighted by Crippen LogP contribution is -2.52. The lowest BCUT2D eigenvalue weighted by Gasteiger charge is -2.33. The van der Waals surface area contributed by atoms with Gasteiger partial charge in [-0.25, -0.2) is 23.5 Å². The standard InChI is InChI=1S/C23H31F2N3O3/c1-14(2)12-23(7,28-21(29)31-22(4,5)6)13-30-20-11-17(24)16(10-18(20)25)19-8-9-26-15(3)27-19/h8-11,14H,12-13H2,1-7H3,(H,28,29)/t23-/m0/s1. The van der Waals surface area contributed by atoms with Crippen molar-refractivity contribution in [3.05, 3.63) is 41.9 Å². The van der Waals surface area contributed by atoms with E-state index in [0.29, 0.717) is 12.2 Å². The lowest BCUT2D eigenvalue weighted by molar-refractivity contribution is 0.0406. The summed E-state index contributed by atoms with van der Waals surface area (Å²) < 4.78 is 40.3. The van der Waals surface area contributed by atoms with Crippen molar-refractivity contribution in [1.29, 1.82) is 0 Å². The van der Waals surface area contributed by atoms with Crippen LogP contribution in [0.2, 0.25) is 0 Å². The molecule has 170 valence electrons. The van der Waals surface area contributed by atoms with E-state index in [0.717, 1.165) is 12.1 Å². The van der Waals surface area contributed by atoms with Crippen molar-refractivity contribution in [1.82, 2.24) is 15.3 Å². The summed E-state index contributed by atoms with van der Waals surface area (Å²) in [6.07, 6.45) is 1.44. The van der Waals surface area contributed by atoms with Gasteiger partial charge < -0.3 is 14.8 Å². The number of aryl methyl sites for hydroxylation is 1. The molecule has 0 unspecified atom stereocenters. The number of alkyl carbamates (subject to hydrolysis) is 1. The predicted octanol–water partition coefficient (Wildman–Crippen LogP) is 5.44. The third kappa shape index (κ3) is 7.45. The van der Waals surface area contributed by atoms with Crippen LogP contribution in [0.4, 0.5) is 13.6 Å². The molecular weight excluding hydrogens is 404 g/mol. The number of aromatic nitrogens is 2. The second-order valence-corrected chi connectivity index (χ2v) is 9.33. The van der Waals surface area contributed by atoms with E-state index < -0.39 is 28.9 Å². The van der Waals surface area contributed by atoms with Gasteiger partial charge in [-0.15, -0.1) is 0 Å². The number of carbonyl (C=O) groups is 1.